The maximum absolute atomic E-state index is 12.5. The SMILES string of the molecule is Cc1c(Oc2cccc(C=C3SC(=O)N(CCBr)C3=O)c2)ncnc1OC1CCN(C(=O)O)CC1. The second kappa shape index (κ2) is 11.1. The van der Waals surface area contributed by atoms with E-state index in [1.54, 1.807) is 31.2 Å². The highest BCUT2D eigenvalue weighted by atomic mass is 79.9. The molecule has 2 saturated heterocycles. The maximum Gasteiger partial charge on any atom is 0.407 e. The quantitative estimate of drug-likeness (QED) is 0.383. The monoisotopic (exact) mass is 562 g/mol. The molecule has 1 aromatic heterocycles. The van der Waals surface area contributed by atoms with Crippen LogP contribution in [0.25, 0.3) is 6.08 Å². The number of hydrogen-bond donors (Lipinski definition) is 1. The van der Waals surface area contributed by atoms with Crippen LogP contribution < -0.4 is 9.47 Å². The van der Waals surface area contributed by atoms with Crippen molar-refractivity contribution in [3.8, 4) is 17.5 Å². The highest BCUT2D eigenvalue weighted by Crippen LogP contribution is 2.34. The molecule has 0 spiro atoms. The van der Waals surface area contributed by atoms with Crippen molar-refractivity contribution in [2.24, 2.45) is 0 Å². The van der Waals surface area contributed by atoms with Gasteiger partial charge in [-0.05, 0) is 42.5 Å². The van der Waals surface area contributed by atoms with Gasteiger partial charge in [0, 0.05) is 37.8 Å². The summed E-state index contributed by atoms with van der Waals surface area (Å²) in [5.41, 5.74) is 1.33. The van der Waals surface area contributed by atoms with Gasteiger partial charge in [-0.2, -0.15) is 0 Å². The fourth-order valence-electron chi connectivity index (χ4n) is 3.67. The average molecular weight is 563 g/mol. The van der Waals surface area contributed by atoms with Gasteiger partial charge in [0.05, 0.1) is 10.5 Å². The molecule has 3 amide bonds. The summed E-state index contributed by atoms with van der Waals surface area (Å²) in [4.78, 5) is 47.0. The number of benzene rings is 1. The summed E-state index contributed by atoms with van der Waals surface area (Å²) in [5, 5.41) is 9.33. The maximum atomic E-state index is 12.5. The first-order valence-corrected chi connectivity index (χ1v) is 12.8. The van der Waals surface area contributed by atoms with E-state index in [4.69, 9.17) is 14.6 Å². The minimum absolute atomic E-state index is 0.143. The van der Waals surface area contributed by atoms with Crippen LogP contribution in [0.4, 0.5) is 9.59 Å². The van der Waals surface area contributed by atoms with Crippen LogP contribution in [-0.2, 0) is 4.79 Å². The van der Waals surface area contributed by atoms with E-state index >= 15 is 0 Å². The van der Waals surface area contributed by atoms with E-state index in [-0.39, 0.29) is 17.3 Å². The lowest BCUT2D eigenvalue weighted by Gasteiger charge is -2.30. The van der Waals surface area contributed by atoms with Gasteiger partial charge in [0.15, 0.2) is 0 Å². The van der Waals surface area contributed by atoms with Crippen molar-refractivity contribution in [1.29, 1.82) is 0 Å². The number of carboxylic acid groups (broad SMARTS) is 1. The standard InChI is InChI=1S/C23H23BrN4O6S/c1-14-19(33-16-5-8-27(9-6-16)22(30)31)25-13-26-20(14)34-17-4-2-3-15(11-17)12-18-21(29)28(10-7-24)23(32)35-18/h2-4,11-13,16H,5-10H2,1H3,(H,30,31). The van der Waals surface area contributed by atoms with Crippen LogP contribution in [-0.4, -0.2) is 73.2 Å². The van der Waals surface area contributed by atoms with Crippen LogP contribution in [0.5, 0.6) is 17.5 Å². The molecule has 0 unspecified atom stereocenters. The number of carbonyl (C=O) groups excluding carboxylic acids is 2. The van der Waals surface area contributed by atoms with E-state index in [1.165, 1.54) is 16.1 Å². The van der Waals surface area contributed by atoms with E-state index < -0.39 is 6.09 Å². The molecule has 0 radical (unpaired) electrons. The Morgan fingerprint density at radius 1 is 1.26 bits per heavy atom. The Bertz CT molecular complexity index is 1170. The molecule has 0 saturated carbocycles. The Kier molecular flexibility index (Phi) is 7.91. The molecule has 2 aliphatic heterocycles. The van der Waals surface area contributed by atoms with Gasteiger partial charge in [0.2, 0.25) is 11.8 Å². The van der Waals surface area contributed by atoms with E-state index in [1.807, 2.05) is 6.07 Å². The molecular weight excluding hydrogens is 540 g/mol. The van der Waals surface area contributed by atoms with Crippen LogP contribution in [0.2, 0.25) is 0 Å². The summed E-state index contributed by atoms with van der Waals surface area (Å²) < 4.78 is 12.0. The van der Waals surface area contributed by atoms with Gasteiger partial charge >= 0.3 is 6.09 Å². The van der Waals surface area contributed by atoms with Crippen LogP contribution in [0.1, 0.15) is 24.0 Å². The van der Waals surface area contributed by atoms with Gasteiger partial charge in [-0.3, -0.25) is 14.5 Å². The van der Waals surface area contributed by atoms with Crippen molar-refractivity contribution < 1.29 is 29.0 Å². The summed E-state index contributed by atoms with van der Waals surface area (Å²) in [6, 6.07) is 7.12. The summed E-state index contributed by atoms with van der Waals surface area (Å²) in [6.45, 7) is 2.94. The highest BCUT2D eigenvalue weighted by molar-refractivity contribution is 9.09. The zero-order chi connectivity index (χ0) is 24.9. The van der Waals surface area contributed by atoms with Gasteiger partial charge in [0.1, 0.15) is 18.2 Å². The first kappa shape index (κ1) is 25.0. The van der Waals surface area contributed by atoms with Crippen molar-refractivity contribution in [1.82, 2.24) is 19.8 Å². The zero-order valence-electron chi connectivity index (χ0n) is 18.8. The predicted molar refractivity (Wildman–Crippen MR) is 133 cm³/mol. The lowest BCUT2D eigenvalue weighted by molar-refractivity contribution is -0.122. The number of hydrogen-bond acceptors (Lipinski definition) is 8. The molecule has 0 bridgehead atoms. The second-order valence-electron chi connectivity index (χ2n) is 7.89. The number of carbonyl (C=O) groups is 3. The van der Waals surface area contributed by atoms with Crippen LogP contribution >= 0.6 is 27.7 Å². The van der Waals surface area contributed by atoms with E-state index in [0.717, 1.165) is 11.8 Å². The molecule has 2 fully saturated rings. The molecule has 10 nitrogen and oxygen atoms in total. The number of ether oxygens (including phenoxy) is 2. The summed E-state index contributed by atoms with van der Waals surface area (Å²) in [7, 11) is 0. The number of aromatic nitrogens is 2. The third-order valence-electron chi connectivity index (χ3n) is 5.53. The van der Waals surface area contributed by atoms with Gasteiger partial charge in [0.25, 0.3) is 11.1 Å². The topological polar surface area (TPSA) is 122 Å². The Morgan fingerprint density at radius 3 is 2.71 bits per heavy atom. The lowest BCUT2D eigenvalue weighted by atomic mass is 10.1. The van der Waals surface area contributed by atoms with Crippen molar-refractivity contribution >= 4 is 51.0 Å². The molecule has 3 heterocycles. The number of nitrogens with zero attached hydrogens (tertiary/aromatic N) is 4. The van der Waals surface area contributed by atoms with Crippen molar-refractivity contribution in [3.05, 3.63) is 46.6 Å². The molecule has 1 aromatic carbocycles. The molecule has 12 heteroatoms. The van der Waals surface area contributed by atoms with Gasteiger partial charge in [-0.15, -0.1) is 0 Å². The molecule has 4 rings (SSSR count). The third kappa shape index (κ3) is 5.93. The first-order valence-electron chi connectivity index (χ1n) is 10.9. The molecule has 2 aliphatic rings. The summed E-state index contributed by atoms with van der Waals surface area (Å²) in [6.07, 6.45) is 3.11. The first-order chi connectivity index (χ1) is 16.9. The minimum atomic E-state index is -0.922. The number of rotatable bonds is 7. The molecule has 2 aromatic rings. The van der Waals surface area contributed by atoms with Crippen LogP contribution in [0.3, 0.4) is 0 Å². The number of imide groups is 1. The number of amides is 3. The summed E-state index contributed by atoms with van der Waals surface area (Å²) in [5.74, 6) is 0.905. The van der Waals surface area contributed by atoms with Crippen molar-refractivity contribution in [2.75, 3.05) is 25.0 Å². The Labute approximate surface area is 214 Å². The molecule has 35 heavy (non-hydrogen) atoms. The van der Waals surface area contributed by atoms with Crippen LogP contribution in [0, 0.1) is 6.92 Å². The third-order valence-corrected chi connectivity index (χ3v) is 6.80. The number of thioether (sulfide) groups is 1. The van der Waals surface area contributed by atoms with Gasteiger partial charge in [-0.25, -0.2) is 14.8 Å². The molecule has 0 atom stereocenters. The minimum Gasteiger partial charge on any atom is -0.474 e. The van der Waals surface area contributed by atoms with Gasteiger partial charge in [-0.1, -0.05) is 28.1 Å². The van der Waals surface area contributed by atoms with E-state index in [2.05, 4.69) is 25.9 Å². The van der Waals surface area contributed by atoms with Crippen molar-refractivity contribution in [3.63, 3.8) is 0 Å². The number of halogens is 1. The van der Waals surface area contributed by atoms with Crippen LogP contribution in [0.15, 0.2) is 35.5 Å². The zero-order valence-corrected chi connectivity index (χ0v) is 21.3. The Morgan fingerprint density at radius 2 is 2.00 bits per heavy atom. The second-order valence-corrected chi connectivity index (χ2v) is 9.68. The predicted octanol–water partition coefficient (Wildman–Crippen LogP) is 4.53. The normalized spacial score (nSPS) is 17.8. The summed E-state index contributed by atoms with van der Waals surface area (Å²) >= 11 is 4.17. The molecule has 0 aliphatic carbocycles. The number of piperidine rings is 1. The largest absolute Gasteiger partial charge is 0.474 e. The fraction of sp³-hybridized carbons (Fsp3) is 0.348. The molecule has 184 valence electrons. The smallest absolute Gasteiger partial charge is 0.407 e. The highest BCUT2D eigenvalue weighted by Gasteiger charge is 2.34. The lowest BCUT2D eigenvalue weighted by Crippen LogP contribution is -2.41. The average Bonchev–Trinajstić information content (AvgIpc) is 3.10. The number of alkyl halides is 1. The Hall–Kier alpha value is -3.12. The number of likely N-dealkylation sites (tertiary alicyclic amines) is 1. The van der Waals surface area contributed by atoms with E-state index in [9.17, 15) is 14.4 Å². The van der Waals surface area contributed by atoms with E-state index in [0.29, 0.717) is 71.3 Å². The van der Waals surface area contributed by atoms with Crippen molar-refractivity contribution in [2.45, 2.75) is 25.9 Å². The molecule has 1 N–H and O–H groups in total. The van der Waals surface area contributed by atoms with Gasteiger partial charge < -0.3 is 19.5 Å². The Balaban J connectivity index is 1.45. The fourth-order valence-corrected chi connectivity index (χ4v) is 4.89. The molecular formula is C23H23BrN4O6S.